The molecule has 106 valence electrons. The summed E-state index contributed by atoms with van der Waals surface area (Å²) in [7, 11) is 1.82. The predicted octanol–water partition coefficient (Wildman–Crippen LogP) is 2.53. The number of nitrogens with one attached hydrogen (secondary N) is 1. The van der Waals surface area contributed by atoms with E-state index in [1.165, 1.54) is 24.8 Å². The molecule has 0 amide bonds. The molecular weight excluding hydrogens is 250 g/mol. The fourth-order valence-electron chi connectivity index (χ4n) is 2.66. The number of hydrogen-bond acceptors (Lipinski definition) is 3. The minimum Gasteiger partial charge on any atom is -0.377 e. The molecule has 2 aromatic rings. The topological polar surface area (TPSA) is 39.1 Å². The van der Waals surface area contributed by atoms with Crippen LogP contribution in [0.3, 0.4) is 0 Å². The summed E-state index contributed by atoms with van der Waals surface area (Å²) in [6, 6.07) is 8.55. The molecule has 1 N–H and O–H groups in total. The number of nitrogens with zero attached hydrogens (tertiary/aromatic N) is 2. The molecule has 0 unspecified atom stereocenters. The van der Waals surface area contributed by atoms with Crippen molar-refractivity contribution in [3.8, 4) is 5.69 Å². The first-order chi connectivity index (χ1) is 9.81. The van der Waals surface area contributed by atoms with Crippen LogP contribution in [-0.4, -0.2) is 28.8 Å². The summed E-state index contributed by atoms with van der Waals surface area (Å²) in [5.74, 6) is 0. The second kappa shape index (κ2) is 5.77. The first-order valence-corrected chi connectivity index (χ1v) is 7.14. The Morgan fingerprint density at radius 2 is 2.10 bits per heavy atom. The van der Waals surface area contributed by atoms with Gasteiger partial charge < -0.3 is 14.6 Å². The van der Waals surface area contributed by atoms with Gasteiger partial charge in [-0.25, -0.2) is 4.98 Å². The van der Waals surface area contributed by atoms with Crippen molar-refractivity contribution in [2.45, 2.75) is 31.4 Å². The van der Waals surface area contributed by atoms with Crippen molar-refractivity contribution in [3.05, 3.63) is 48.5 Å². The highest BCUT2D eigenvalue weighted by Crippen LogP contribution is 2.34. The molecule has 1 aromatic heterocycles. The van der Waals surface area contributed by atoms with Gasteiger partial charge in [-0.3, -0.25) is 0 Å². The van der Waals surface area contributed by atoms with Crippen molar-refractivity contribution in [3.63, 3.8) is 0 Å². The van der Waals surface area contributed by atoms with E-state index in [4.69, 9.17) is 4.74 Å². The SMILES string of the molecule is COC1(CNCc2ccc(-n3ccnc3)cc2)CCC1. The Balaban J connectivity index is 1.53. The van der Waals surface area contributed by atoms with Crippen molar-refractivity contribution < 1.29 is 4.74 Å². The van der Waals surface area contributed by atoms with Crippen molar-refractivity contribution in [2.24, 2.45) is 0 Å². The molecule has 1 aliphatic carbocycles. The largest absolute Gasteiger partial charge is 0.377 e. The highest BCUT2D eigenvalue weighted by molar-refractivity contribution is 5.34. The second-order valence-electron chi connectivity index (χ2n) is 5.48. The summed E-state index contributed by atoms with van der Waals surface area (Å²) < 4.78 is 7.61. The maximum absolute atomic E-state index is 5.61. The molecule has 0 bridgehead atoms. The molecule has 0 aliphatic heterocycles. The standard InChI is InChI=1S/C16H21N3O/c1-20-16(7-2-8-16)12-18-11-14-3-5-15(6-4-14)19-10-9-17-13-19/h3-6,9-10,13,18H,2,7-8,11-12H2,1H3. The number of hydrogen-bond donors (Lipinski definition) is 1. The van der Waals surface area contributed by atoms with Gasteiger partial charge in [0.2, 0.25) is 0 Å². The molecule has 0 saturated heterocycles. The molecule has 4 heteroatoms. The average Bonchev–Trinajstić information content (AvgIpc) is 2.97. The zero-order valence-electron chi connectivity index (χ0n) is 11.9. The van der Waals surface area contributed by atoms with Crippen LogP contribution >= 0.6 is 0 Å². The Morgan fingerprint density at radius 1 is 1.30 bits per heavy atom. The van der Waals surface area contributed by atoms with E-state index >= 15 is 0 Å². The van der Waals surface area contributed by atoms with E-state index in [0.717, 1.165) is 18.8 Å². The van der Waals surface area contributed by atoms with Gasteiger partial charge in [0.05, 0.1) is 11.9 Å². The van der Waals surface area contributed by atoms with E-state index < -0.39 is 0 Å². The third-order valence-corrected chi connectivity index (χ3v) is 4.21. The number of aromatic nitrogens is 2. The van der Waals surface area contributed by atoms with Gasteiger partial charge in [-0.2, -0.15) is 0 Å². The third-order valence-electron chi connectivity index (χ3n) is 4.21. The third kappa shape index (κ3) is 2.76. The maximum atomic E-state index is 5.61. The van der Waals surface area contributed by atoms with E-state index in [0.29, 0.717) is 0 Å². The summed E-state index contributed by atoms with van der Waals surface area (Å²) >= 11 is 0. The van der Waals surface area contributed by atoms with Crippen LogP contribution in [0.2, 0.25) is 0 Å². The number of benzene rings is 1. The van der Waals surface area contributed by atoms with Crippen LogP contribution in [0.15, 0.2) is 43.0 Å². The van der Waals surface area contributed by atoms with Crippen LogP contribution in [0, 0.1) is 0 Å². The smallest absolute Gasteiger partial charge is 0.0991 e. The Bertz CT molecular complexity index is 524. The highest BCUT2D eigenvalue weighted by Gasteiger charge is 2.36. The van der Waals surface area contributed by atoms with Crippen LogP contribution < -0.4 is 5.32 Å². The molecule has 0 spiro atoms. The Hall–Kier alpha value is -1.65. The minimum absolute atomic E-state index is 0.0940. The lowest BCUT2D eigenvalue weighted by Crippen LogP contribution is -2.47. The number of rotatable bonds is 6. The molecule has 1 saturated carbocycles. The minimum atomic E-state index is 0.0940. The maximum Gasteiger partial charge on any atom is 0.0991 e. The van der Waals surface area contributed by atoms with E-state index in [1.54, 1.807) is 6.20 Å². The summed E-state index contributed by atoms with van der Waals surface area (Å²) in [5.41, 5.74) is 2.52. The Labute approximate surface area is 119 Å². The molecule has 0 atom stereocenters. The molecule has 1 aliphatic rings. The van der Waals surface area contributed by atoms with Gasteiger partial charge in [0.15, 0.2) is 0 Å². The molecule has 3 rings (SSSR count). The lowest BCUT2D eigenvalue weighted by atomic mass is 9.80. The van der Waals surface area contributed by atoms with Gasteiger partial charge in [-0.15, -0.1) is 0 Å². The van der Waals surface area contributed by atoms with E-state index in [1.807, 2.05) is 24.2 Å². The van der Waals surface area contributed by atoms with Crippen molar-refractivity contribution in [1.82, 2.24) is 14.9 Å². The fourth-order valence-corrected chi connectivity index (χ4v) is 2.66. The monoisotopic (exact) mass is 271 g/mol. The lowest BCUT2D eigenvalue weighted by molar-refractivity contribution is -0.0695. The summed E-state index contributed by atoms with van der Waals surface area (Å²) in [5, 5.41) is 3.51. The van der Waals surface area contributed by atoms with Crippen LogP contribution in [0.5, 0.6) is 0 Å². The van der Waals surface area contributed by atoms with E-state index in [-0.39, 0.29) is 5.60 Å². The Morgan fingerprint density at radius 3 is 2.65 bits per heavy atom. The molecule has 1 heterocycles. The molecular formula is C16H21N3O. The molecule has 1 aromatic carbocycles. The number of imidazole rings is 1. The van der Waals surface area contributed by atoms with E-state index in [9.17, 15) is 0 Å². The fraction of sp³-hybridized carbons (Fsp3) is 0.438. The molecule has 4 nitrogen and oxygen atoms in total. The second-order valence-corrected chi connectivity index (χ2v) is 5.48. The molecule has 0 radical (unpaired) electrons. The van der Waals surface area contributed by atoms with Gasteiger partial charge in [-0.05, 0) is 37.0 Å². The average molecular weight is 271 g/mol. The quantitative estimate of drug-likeness (QED) is 0.877. The van der Waals surface area contributed by atoms with Crippen molar-refractivity contribution >= 4 is 0 Å². The van der Waals surface area contributed by atoms with Crippen molar-refractivity contribution in [1.29, 1.82) is 0 Å². The van der Waals surface area contributed by atoms with Crippen molar-refractivity contribution in [2.75, 3.05) is 13.7 Å². The Kier molecular flexibility index (Phi) is 3.85. The van der Waals surface area contributed by atoms with Gasteiger partial charge in [0.25, 0.3) is 0 Å². The lowest BCUT2D eigenvalue weighted by Gasteiger charge is -2.40. The van der Waals surface area contributed by atoms with Crippen LogP contribution in [-0.2, 0) is 11.3 Å². The van der Waals surface area contributed by atoms with Crippen LogP contribution in [0.25, 0.3) is 5.69 Å². The van der Waals surface area contributed by atoms with Crippen LogP contribution in [0.1, 0.15) is 24.8 Å². The summed E-state index contributed by atoms with van der Waals surface area (Å²) in [6.45, 7) is 1.82. The first kappa shape index (κ1) is 13.3. The van der Waals surface area contributed by atoms with Crippen LogP contribution in [0.4, 0.5) is 0 Å². The summed E-state index contributed by atoms with van der Waals surface area (Å²) in [6.07, 6.45) is 9.19. The predicted molar refractivity (Wildman–Crippen MR) is 78.9 cm³/mol. The highest BCUT2D eigenvalue weighted by atomic mass is 16.5. The normalized spacial score (nSPS) is 16.9. The van der Waals surface area contributed by atoms with Gasteiger partial charge >= 0.3 is 0 Å². The summed E-state index contributed by atoms with van der Waals surface area (Å²) in [4.78, 5) is 4.06. The zero-order valence-corrected chi connectivity index (χ0v) is 11.9. The van der Waals surface area contributed by atoms with E-state index in [2.05, 4.69) is 34.6 Å². The van der Waals surface area contributed by atoms with Gasteiger partial charge in [-0.1, -0.05) is 12.1 Å². The van der Waals surface area contributed by atoms with Gasteiger partial charge in [0.1, 0.15) is 0 Å². The number of methoxy groups -OCH3 is 1. The molecule has 20 heavy (non-hydrogen) atoms. The van der Waals surface area contributed by atoms with Gasteiger partial charge in [0, 0.05) is 38.3 Å². The first-order valence-electron chi connectivity index (χ1n) is 7.14. The molecule has 1 fully saturated rings. The zero-order chi connectivity index (χ0) is 13.8. The number of ether oxygens (including phenoxy) is 1.